The molecule has 1 saturated carbocycles. The number of ether oxygens (including phenoxy) is 1. The minimum atomic E-state index is -5.33. The monoisotopic (exact) mass is 615 g/mol. The molecule has 5 rings (SSSR count). The number of benzene rings is 2. The largest absolute Gasteiger partial charge is 0.489 e. The van der Waals surface area contributed by atoms with Gasteiger partial charge in [-0.25, -0.2) is 13.8 Å². The molecule has 44 heavy (non-hydrogen) atoms. The molecule has 2 aliphatic rings. The molecule has 230 valence electrons. The zero-order valence-electron chi connectivity index (χ0n) is 23.1. The van der Waals surface area contributed by atoms with Gasteiger partial charge >= 0.3 is 6.18 Å². The summed E-state index contributed by atoms with van der Waals surface area (Å²) in [6.07, 6.45) is -3.41. The maximum Gasteiger partial charge on any atom is 0.408 e. The van der Waals surface area contributed by atoms with E-state index < -0.39 is 59.0 Å². The van der Waals surface area contributed by atoms with Crippen molar-refractivity contribution in [3.8, 4) is 17.0 Å². The number of alkyl halides is 3. The predicted molar refractivity (Wildman–Crippen MR) is 149 cm³/mol. The smallest absolute Gasteiger partial charge is 0.408 e. The summed E-state index contributed by atoms with van der Waals surface area (Å²) in [5.74, 6) is -3.68. The third kappa shape index (κ3) is 5.24. The van der Waals surface area contributed by atoms with Gasteiger partial charge in [-0.1, -0.05) is 0 Å². The number of aromatic nitrogens is 1. The molecule has 0 unspecified atom stereocenters. The molecule has 0 spiro atoms. The van der Waals surface area contributed by atoms with Crippen LogP contribution < -0.4 is 21.1 Å². The lowest BCUT2D eigenvalue weighted by Gasteiger charge is -2.31. The number of primary amides is 1. The topological polar surface area (TPSA) is 147 Å². The normalized spacial score (nSPS) is 18.9. The number of carbonyl (C=O) groups excluding carboxylic acids is 3. The van der Waals surface area contributed by atoms with Crippen LogP contribution in [0.3, 0.4) is 0 Å². The summed E-state index contributed by atoms with van der Waals surface area (Å²) in [5.41, 5.74) is -0.840. The zero-order chi connectivity index (χ0) is 32.0. The van der Waals surface area contributed by atoms with E-state index in [1.807, 2.05) is 0 Å². The Labute approximate surface area is 247 Å². The van der Waals surface area contributed by atoms with Crippen molar-refractivity contribution in [3.63, 3.8) is 0 Å². The van der Waals surface area contributed by atoms with Crippen LogP contribution in [0.2, 0.25) is 0 Å². The first kappa shape index (κ1) is 30.6. The van der Waals surface area contributed by atoms with E-state index in [4.69, 9.17) is 15.9 Å². The van der Waals surface area contributed by atoms with Crippen molar-refractivity contribution in [1.82, 2.24) is 10.3 Å². The minimum Gasteiger partial charge on any atom is -0.489 e. The lowest BCUT2D eigenvalue weighted by molar-refractivity contribution is -0.186. The minimum absolute atomic E-state index is 0.00982. The van der Waals surface area contributed by atoms with Crippen LogP contribution in [0.1, 0.15) is 46.9 Å². The maximum atomic E-state index is 14.9. The van der Waals surface area contributed by atoms with Gasteiger partial charge in [0.25, 0.3) is 5.91 Å². The van der Waals surface area contributed by atoms with Gasteiger partial charge in [-0.3, -0.25) is 9.59 Å². The van der Waals surface area contributed by atoms with E-state index >= 15 is 0 Å². The zero-order valence-corrected chi connectivity index (χ0v) is 23.1. The first-order valence-electron chi connectivity index (χ1n) is 13.4. The van der Waals surface area contributed by atoms with Crippen molar-refractivity contribution >= 4 is 30.0 Å². The van der Waals surface area contributed by atoms with Crippen molar-refractivity contribution in [2.75, 3.05) is 18.5 Å². The molecule has 2 amide bonds. The molecule has 14 heteroatoms. The van der Waals surface area contributed by atoms with Crippen LogP contribution in [0.25, 0.3) is 11.3 Å². The number of nitrogens with two attached hydrogens (primary N) is 1. The van der Waals surface area contributed by atoms with Gasteiger partial charge in [-0.2, -0.15) is 13.2 Å². The Morgan fingerprint density at radius 3 is 2.41 bits per heavy atom. The maximum absolute atomic E-state index is 14.9. The second-order valence-corrected chi connectivity index (χ2v) is 11.0. The second kappa shape index (κ2) is 11.0. The Bertz CT molecular complexity index is 1680. The summed E-state index contributed by atoms with van der Waals surface area (Å²) in [4.78, 5) is 42.1. The quantitative estimate of drug-likeness (QED) is 0.153. The number of amides is 2. The number of hydrogen-bond acceptors (Lipinski definition) is 7. The van der Waals surface area contributed by atoms with Crippen LogP contribution in [0.4, 0.5) is 27.6 Å². The standard InChI is InChI=1S/C30H26F5N5O4/c1-28(27(37)43)14-44-25-20(28)10-23(40-24(25)15-2-4-17(31)5-3-15)29(13-41,30(33,34)35)12-38-26(42)16-8-21(32)19(11-36)22(9-16)39-18-6-7-18/h2-5,8-11,13,18,36,39H,6-7,12,14H2,1H3,(H2,37,43)(H,38,42)/t28-,29-/m0/s1. The number of aldehydes is 1. The number of fused-ring (bicyclic) bond motifs is 1. The van der Waals surface area contributed by atoms with Crippen molar-refractivity contribution in [2.45, 2.75) is 42.8 Å². The Morgan fingerprint density at radius 1 is 1.16 bits per heavy atom. The highest BCUT2D eigenvalue weighted by molar-refractivity contribution is 5.98. The van der Waals surface area contributed by atoms with Crippen LogP contribution in [-0.4, -0.2) is 54.7 Å². The van der Waals surface area contributed by atoms with E-state index in [0.29, 0.717) is 0 Å². The Balaban J connectivity index is 1.59. The van der Waals surface area contributed by atoms with Gasteiger partial charge in [-0.05, 0) is 62.2 Å². The molecule has 2 aromatic carbocycles. The predicted octanol–water partition coefficient (Wildman–Crippen LogP) is 4.16. The molecule has 0 saturated heterocycles. The fourth-order valence-electron chi connectivity index (χ4n) is 4.91. The number of anilines is 1. The fraction of sp³-hybridized carbons (Fsp3) is 0.300. The molecule has 1 aromatic heterocycles. The van der Waals surface area contributed by atoms with E-state index in [1.54, 1.807) is 0 Å². The van der Waals surface area contributed by atoms with Crippen LogP contribution in [0.5, 0.6) is 5.75 Å². The molecule has 1 aliphatic heterocycles. The molecule has 0 radical (unpaired) electrons. The molecule has 5 N–H and O–H groups in total. The Morgan fingerprint density at radius 2 is 1.84 bits per heavy atom. The second-order valence-electron chi connectivity index (χ2n) is 11.0. The summed E-state index contributed by atoms with van der Waals surface area (Å²) in [6.45, 7) is -0.319. The van der Waals surface area contributed by atoms with Crippen LogP contribution in [-0.2, 0) is 20.4 Å². The molecule has 0 bridgehead atoms. The number of nitrogens with zero attached hydrogens (tertiary/aromatic N) is 1. The number of nitrogens with one attached hydrogen (secondary N) is 3. The molecular weight excluding hydrogens is 589 g/mol. The van der Waals surface area contributed by atoms with Crippen molar-refractivity contribution < 1.29 is 41.1 Å². The van der Waals surface area contributed by atoms with E-state index in [1.165, 1.54) is 25.1 Å². The molecule has 3 aromatic rings. The summed E-state index contributed by atoms with van der Waals surface area (Å²) < 4.78 is 78.7. The van der Waals surface area contributed by atoms with Gasteiger partial charge < -0.3 is 31.3 Å². The van der Waals surface area contributed by atoms with E-state index in [9.17, 15) is 36.3 Å². The SMILES string of the molecule is C[C@]1(C(N)=O)COc2c1cc([C@@](C=O)(CNC(=O)c1cc(F)c(C=N)c(NC3CC3)c1)C(F)(F)F)nc2-c1ccc(F)cc1. The van der Waals surface area contributed by atoms with Crippen molar-refractivity contribution in [1.29, 1.82) is 5.41 Å². The number of hydrogen-bond donors (Lipinski definition) is 4. The lowest BCUT2D eigenvalue weighted by atomic mass is 9.78. The molecule has 2 heterocycles. The van der Waals surface area contributed by atoms with E-state index in [0.717, 1.165) is 43.3 Å². The van der Waals surface area contributed by atoms with Gasteiger partial charge in [-0.15, -0.1) is 0 Å². The summed E-state index contributed by atoms with van der Waals surface area (Å²) in [6, 6.07) is 7.46. The van der Waals surface area contributed by atoms with Gasteiger partial charge in [0, 0.05) is 41.2 Å². The van der Waals surface area contributed by atoms with Crippen molar-refractivity contribution in [2.24, 2.45) is 5.73 Å². The van der Waals surface area contributed by atoms with Crippen LogP contribution >= 0.6 is 0 Å². The average Bonchev–Trinajstić information content (AvgIpc) is 3.72. The van der Waals surface area contributed by atoms with E-state index in [-0.39, 0.29) is 52.0 Å². The van der Waals surface area contributed by atoms with Crippen LogP contribution in [0, 0.1) is 17.0 Å². The highest BCUT2D eigenvalue weighted by Gasteiger charge is 2.59. The van der Waals surface area contributed by atoms with Gasteiger partial charge in [0.05, 0.1) is 11.3 Å². The first-order chi connectivity index (χ1) is 20.7. The van der Waals surface area contributed by atoms with Gasteiger partial charge in [0.2, 0.25) is 5.91 Å². The number of pyridine rings is 1. The molecule has 9 nitrogen and oxygen atoms in total. The Kier molecular flexibility index (Phi) is 7.64. The molecule has 2 atom stereocenters. The number of carbonyl (C=O) groups is 3. The highest BCUT2D eigenvalue weighted by Crippen LogP contribution is 2.48. The summed E-state index contributed by atoms with van der Waals surface area (Å²) >= 11 is 0. The number of halogens is 5. The lowest BCUT2D eigenvalue weighted by Crippen LogP contribution is -2.53. The molecule has 1 fully saturated rings. The van der Waals surface area contributed by atoms with Crippen LogP contribution in [0.15, 0.2) is 42.5 Å². The molecular formula is C30H26F5N5O4. The third-order valence-corrected chi connectivity index (χ3v) is 7.90. The summed E-state index contributed by atoms with van der Waals surface area (Å²) in [7, 11) is 0. The summed E-state index contributed by atoms with van der Waals surface area (Å²) in [5, 5.41) is 12.5. The van der Waals surface area contributed by atoms with E-state index in [2.05, 4.69) is 15.6 Å². The van der Waals surface area contributed by atoms with Gasteiger partial charge in [0.1, 0.15) is 41.4 Å². The van der Waals surface area contributed by atoms with Gasteiger partial charge in [0.15, 0.2) is 5.41 Å². The molecule has 1 aliphatic carbocycles. The highest BCUT2D eigenvalue weighted by atomic mass is 19.4. The number of rotatable bonds is 10. The Hall–Kier alpha value is -4.88. The van der Waals surface area contributed by atoms with Crippen molar-refractivity contribution in [3.05, 3.63) is 76.5 Å². The average molecular weight is 616 g/mol. The first-order valence-corrected chi connectivity index (χ1v) is 13.4. The third-order valence-electron chi connectivity index (χ3n) is 7.90. The fourth-order valence-corrected chi connectivity index (χ4v) is 4.91.